The lowest BCUT2D eigenvalue weighted by atomic mass is 9.81. The minimum atomic E-state index is -1.59. The van der Waals surface area contributed by atoms with Gasteiger partial charge in [-0.05, 0) is 60.0 Å². The van der Waals surface area contributed by atoms with Crippen molar-refractivity contribution in [1.29, 1.82) is 0 Å². The molecule has 2 N–H and O–H groups in total. The van der Waals surface area contributed by atoms with Crippen LogP contribution in [0.1, 0.15) is 16.8 Å². The third-order valence-electron chi connectivity index (χ3n) is 5.58. The number of nitrogens with two attached hydrogens (primary N) is 1. The van der Waals surface area contributed by atoms with Gasteiger partial charge in [-0.3, -0.25) is 14.7 Å². The van der Waals surface area contributed by atoms with Gasteiger partial charge in [0.2, 0.25) is 11.1 Å². The van der Waals surface area contributed by atoms with E-state index >= 15 is 4.39 Å². The van der Waals surface area contributed by atoms with E-state index in [9.17, 15) is 9.00 Å². The largest absolute Gasteiger partial charge is 0.497 e. The predicted octanol–water partition coefficient (Wildman–Crippen LogP) is 2.91. The smallest absolute Gasteiger partial charge is 0.266 e. The molecule has 0 fully saturated rings. The maximum absolute atomic E-state index is 15.1. The van der Waals surface area contributed by atoms with E-state index in [0.717, 1.165) is 0 Å². The Bertz CT molecular complexity index is 1350. The number of hydrogen-bond acceptors (Lipinski definition) is 7. The van der Waals surface area contributed by atoms with Crippen LogP contribution in [0.3, 0.4) is 0 Å². The van der Waals surface area contributed by atoms with Gasteiger partial charge in [0, 0.05) is 36.8 Å². The van der Waals surface area contributed by atoms with Crippen LogP contribution in [0.2, 0.25) is 0 Å². The van der Waals surface area contributed by atoms with Crippen molar-refractivity contribution < 1.29 is 22.3 Å². The first kappa shape index (κ1) is 23.4. The Morgan fingerprint density at radius 3 is 2.41 bits per heavy atom. The summed E-state index contributed by atoms with van der Waals surface area (Å²) in [6, 6.07) is 12.5. The summed E-state index contributed by atoms with van der Waals surface area (Å²) in [5.41, 5.74) is 6.82. The molecule has 0 radical (unpaired) electrons. The van der Waals surface area contributed by atoms with Crippen LogP contribution in [0.5, 0.6) is 11.5 Å². The van der Waals surface area contributed by atoms with Gasteiger partial charge in [0.1, 0.15) is 17.3 Å². The normalized spacial score (nSPS) is 18.6. The topological polar surface area (TPSA) is 107 Å². The lowest BCUT2D eigenvalue weighted by Gasteiger charge is -2.27. The summed E-state index contributed by atoms with van der Waals surface area (Å²) < 4.78 is 37.3. The van der Waals surface area contributed by atoms with Crippen LogP contribution in [0.25, 0.3) is 11.1 Å². The summed E-state index contributed by atoms with van der Waals surface area (Å²) in [5, 5.41) is 0. The molecular weight excluding hydrogens is 459 g/mol. The van der Waals surface area contributed by atoms with Gasteiger partial charge in [0.15, 0.2) is 11.5 Å². The molecule has 0 aliphatic carbocycles. The number of amides is 1. The number of carbonyl (C=O) groups is 1. The third kappa shape index (κ3) is 4.01. The Morgan fingerprint density at radius 2 is 1.79 bits per heavy atom. The number of ether oxygens (including phenoxy) is 1. The monoisotopic (exact) mass is 482 g/mol. The Hall–Kier alpha value is -3.79. The number of pyridine rings is 1. The van der Waals surface area contributed by atoms with E-state index in [4.69, 9.17) is 14.7 Å². The molecule has 34 heavy (non-hydrogen) atoms. The quantitative estimate of drug-likeness (QED) is 0.579. The minimum absolute atomic E-state index is 0.0489. The molecule has 2 unspecified atom stereocenters. The van der Waals surface area contributed by atoms with Crippen LogP contribution in [0, 0.1) is 12.7 Å². The van der Waals surface area contributed by atoms with E-state index in [-0.39, 0.29) is 23.2 Å². The molecule has 8 nitrogen and oxygen atoms in total. The SMILES string of the molecule is COc1cc(OS(C)=O)cc(-c2cc(C3(c4ccnc(C)c4)N=C(N)N(C)C3=O)ccc2F)c1. The van der Waals surface area contributed by atoms with E-state index in [1.165, 1.54) is 37.4 Å². The number of halogens is 1. The highest BCUT2D eigenvalue weighted by Gasteiger charge is 2.49. The maximum atomic E-state index is 15.1. The number of aliphatic imine (C=N–C) groups is 1. The maximum Gasteiger partial charge on any atom is 0.266 e. The molecule has 4 rings (SSSR count). The molecule has 2 aromatic carbocycles. The van der Waals surface area contributed by atoms with Gasteiger partial charge in [-0.2, -0.15) is 0 Å². The van der Waals surface area contributed by atoms with Gasteiger partial charge >= 0.3 is 0 Å². The van der Waals surface area contributed by atoms with Crippen molar-refractivity contribution in [2.45, 2.75) is 12.5 Å². The second-order valence-electron chi connectivity index (χ2n) is 7.81. The number of hydrogen-bond donors (Lipinski definition) is 1. The molecule has 3 aromatic rings. The molecule has 2 atom stereocenters. The summed E-state index contributed by atoms with van der Waals surface area (Å²) >= 11 is -1.59. The Labute approximate surface area is 198 Å². The molecule has 1 amide bonds. The van der Waals surface area contributed by atoms with E-state index in [2.05, 4.69) is 9.98 Å². The predicted molar refractivity (Wildman–Crippen MR) is 127 cm³/mol. The number of aryl methyl sites for hydroxylation is 1. The fourth-order valence-corrected chi connectivity index (χ4v) is 4.32. The number of likely N-dealkylation sites (N-methyl/N-ethyl adjacent to an activating group) is 1. The van der Waals surface area contributed by atoms with E-state index in [1.807, 2.05) is 0 Å². The number of methoxy groups -OCH3 is 1. The minimum Gasteiger partial charge on any atom is -0.497 e. The Kier molecular flexibility index (Phi) is 6.09. The van der Waals surface area contributed by atoms with Crippen LogP contribution >= 0.6 is 0 Å². The van der Waals surface area contributed by atoms with E-state index in [0.29, 0.717) is 28.1 Å². The zero-order chi connectivity index (χ0) is 24.6. The molecule has 2 heterocycles. The molecule has 176 valence electrons. The van der Waals surface area contributed by atoms with Gasteiger partial charge in [-0.25, -0.2) is 13.6 Å². The molecule has 10 heteroatoms. The Morgan fingerprint density at radius 1 is 1.09 bits per heavy atom. The fraction of sp³-hybridized carbons (Fsp3) is 0.208. The fourth-order valence-electron chi connectivity index (χ4n) is 3.95. The highest BCUT2D eigenvalue weighted by molar-refractivity contribution is 7.79. The van der Waals surface area contributed by atoms with Gasteiger partial charge in [-0.1, -0.05) is 6.07 Å². The van der Waals surface area contributed by atoms with Gasteiger partial charge in [0.05, 0.1) is 7.11 Å². The van der Waals surface area contributed by atoms with Gasteiger partial charge < -0.3 is 14.7 Å². The number of rotatable bonds is 6. The average molecular weight is 483 g/mol. The summed E-state index contributed by atoms with van der Waals surface area (Å²) in [6.07, 6.45) is 2.97. The van der Waals surface area contributed by atoms with Crippen LogP contribution in [0.15, 0.2) is 59.7 Å². The highest BCUT2D eigenvalue weighted by Crippen LogP contribution is 2.42. The molecule has 1 aliphatic heterocycles. The summed E-state index contributed by atoms with van der Waals surface area (Å²) in [4.78, 5) is 23.5. The molecule has 1 aromatic heterocycles. The number of benzene rings is 2. The first-order chi connectivity index (χ1) is 16.1. The van der Waals surface area contributed by atoms with Crippen molar-refractivity contribution >= 4 is 22.9 Å². The summed E-state index contributed by atoms with van der Waals surface area (Å²) in [6.45, 7) is 1.80. The second kappa shape index (κ2) is 8.86. The van der Waals surface area contributed by atoms with Crippen molar-refractivity contribution in [3.8, 4) is 22.6 Å². The zero-order valence-corrected chi connectivity index (χ0v) is 19.9. The summed E-state index contributed by atoms with van der Waals surface area (Å²) in [5.74, 6) is -0.214. The molecule has 1 aliphatic rings. The number of carbonyl (C=O) groups excluding carboxylic acids is 1. The molecule has 0 saturated carbocycles. The van der Waals surface area contributed by atoms with Crippen molar-refractivity contribution in [1.82, 2.24) is 9.88 Å². The molecule has 0 spiro atoms. The first-order valence-corrected chi connectivity index (χ1v) is 11.7. The van der Waals surface area contributed by atoms with Crippen molar-refractivity contribution in [3.05, 3.63) is 77.4 Å². The highest BCUT2D eigenvalue weighted by atomic mass is 32.2. The van der Waals surface area contributed by atoms with Gasteiger partial charge in [-0.15, -0.1) is 0 Å². The van der Waals surface area contributed by atoms with Crippen molar-refractivity contribution in [3.63, 3.8) is 0 Å². The summed E-state index contributed by atoms with van der Waals surface area (Å²) in [7, 11) is 3.00. The van der Waals surface area contributed by atoms with Crippen LogP contribution in [0.4, 0.5) is 4.39 Å². The number of nitrogens with zero attached hydrogens (tertiary/aromatic N) is 3. The van der Waals surface area contributed by atoms with E-state index in [1.54, 1.807) is 49.5 Å². The average Bonchev–Trinajstić information content (AvgIpc) is 3.03. The van der Waals surface area contributed by atoms with E-state index < -0.39 is 22.4 Å². The number of guanidine groups is 1. The van der Waals surface area contributed by atoms with Crippen LogP contribution in [-0.2, 0) is 21.4 Å². The van der Waals surface area contributed by atoms with Gasteiger partial charge in [0.25, 0.3) is 5.91 Å². The Balaban J connectivity index is 1.95. The number of aromatic nitrogens is 1. The lowest BCUT2D eigenvalue weighted by Crippen LogP contribution is -2.41. The van der Waals surface area contributed by atoms with Crippen molar-refractivity contribution in [2.24, 2.45) is 10.7 Å². The molecular formula is C24H23FN4O4S. The molecule has 0 bridgehead atoms. The first-order valence-electron chi connectivity index (χ1n) is 10.2. The molecule has 0 saturated heterocycles. The standard InChI is InChI=1S/C24H23FN4O4S/c1-14-9-17(7-8-27-14)24(22(30)29(2)23(26)28-24)16-5-6-21(25)20(12-16)15-10-18(32-3)13-19(11-15)33-34(4)31/h5-13H,1-4H3,(H2,26,28). The lowest BCUT2D eigenvalue weighted by molar-refractivity contribution is -0.129. The second-order valence-corrected chi connectivity index (χ2v) is 8.78. The van der Waals surface area contributed by atoms with Crippen LogP contribution < -0.4 is 14.7 Å². The van der Waals surface area contributed by atoms with Crippen LogP contribution in [-0.4, -0.2) is 46.4 Å². The third-order valence-corrected chi connectivity index (χ3v) is 6.01. The zero-order valence-electron chi connectivity index (χ0n) is 19.0. The van der Waals surface area contributed by atoms with Crippen molar-refractivity contribution in [2.75, 3.05) is 20.4 Å².